The average Bonchev–Trinajstić information content (AvgIpc) is 3.47. The Morgan fingerprint density at radius 3 is 2.38 bits per heavy atom. The smallest absolute Gasteiger partial charge is 0.416 e. The molecule has 2 amide bonds. The van der Waals surface area contributed by atoms with Crippen molar-refractivity contribution >= 4 is 52.2 Å². The lowest BCUT2D eigenvalue weighted by Crippen LogP contribution is -2.49. The van der Waals surface area contributed by atoms with Crippen LogP contribution in [0.3, 0.4) is 0 Å². The van der Waals surface area contributed by atoms with Gasteiger partial charge in [-0.2, -0.15) is 26.3 Å². The number of carbonyl (C=O) groups excluding carboxylic acids is 2. The molecule has 2 aromatic rings. The summed E-state index contributed by atoms with van der Waals surface area (Å²) in [5, 5.41) is 10.2. The maximum absolute atomic E-state index is 13.3. The highest BCUT2D eigenvalue weighted by atomic mass is 32.2. The Morgan fingerprint density at radius 2 is 1.77 bits per heavy atom. The molecule has 3 heterocycles. The number of carboxylic acids is 1. The minimum absolute atomic E-state index is 0.0159. The van der Waals surface area contributed by atoms with Gasteiger partial charge in [0.05, 0.1) is 34.0 Å². The van der Waals surface area contributed by atoms with Gasteiger partial charge in [0, 0.05) is 12.1 Å². The van der Waals surface area contributed by atoms with Gasteiger partial charge in [0.1, 0.15) is 6.04 Å². The molecule has 2 N–H and O–H groups in total. The Labute approximate surface area is 232 Å². The van der Waals surface area contributed by atoms with Gasteiger partial charge < -0.3 is 10.0 Å². The first-order valence-corrected chi connectivity index (χ1v) is 12.7. The predicted molar refractivity (Wildman–Crippen MR) is 135 cm³/mol. The van der Waals surface area contributed by atoms with Crippen molar-refractivity contribution in [3.05, 3.63) is 58.1 Å². The average molecular weight is 605 g/mol. The fourth-order valence-electron chi connectivity index (χ4n) is 4.10. The molecule has 2 fully saturated rings. The van der Waals surface area contributed by atoms with Gasteiger partial charge in [-0.05, 0) is 49.2 Å². The number of nitrogens with zero attached hydrogens (tertiary/aromatic N) is 3. The number of aromatic nitrogens is 1. The van der Waals surface area contributed by atoms with Crippen LogP contribution in [-0.4, -0.2) is 61.2 Å². The molecule has 1 aromatic heterocycles. The van der Waals surface area contributed by atoms with Gasteiger partial charge in [0.2, 0.25) is 5.91 Å². The molecule has 0 aliphatic carbocycles. The summed E-state index contributed by atoms with van der Waals surface area (Å²) in [5.74, 6) is -2.35. The van der Waals surface area contributed by atoms with Crippen LogP contribution in [0.2, 0.25) is 0 Å². The number of benzene rings is 1. The molecule has 0 spiro atoms. The fraction of sp³-hybridized carbons (Fsp3) is 0.292. The van der Waals surface area contributed by atoms with E-state index in [1.165, 1.54) is 29.2 Å². The van der Waals surface area contributed by atoms with E-state index < -0.39 is 59.4 Å². The zero-order valence-corrected chi connectivity index (χ0v) is 21.7. The van der Waals surface area contributed by atoms with Crippen LogP contribution in [0.15, 0.2) is 41.3 Å². The van der Waals surface area contributed by atoms with Crippen molar-refractivity contribution in [2.45, 2.75) is 31.2 Å². The van der Waals surface area contributed by atoms with Gasteiger partial charge in [-0.3, -0.25) is 9.59 Å². The lowest BCUT2D eigenvalue weighted by Gasteiger charge is -2.23. The van der Waals surface area contributed by atoms with Crippen molar-refractivity contribution in [2.75, 3.05) is 13.1 Å². The highest BCUT2D eigenvalue weighted by Gasteiger charge is 2.38. The Hall–Kier alpha value is -3.50. The van der Waals surface area contributed by atoms with E-state index in [9.17, 15) is 45.8 Å². The van der Waals surface area contributed by atoms with Crippen LogP contribution in [0.4, 0.5) is 26.3 Å². The number of likely N-dealkylation sites (tertiary alicyclic amines) is 1. The van der Waals surface area contributed by atoms with Crippen molar-refractivity contribution < 1.29 is 45.8 Å². The number of hydrogen-bond acceptors (Lipinski definition) is 7. The summed E-state index contributed by atoms with van der Waals surface area (Å²) in [5.41, 5.74) is -0.967. The van der Waals surface area contributed by atoms with Crippen molar-refractivity contribution in [1.82, 2.24) is 20.3 Å². The molecule has 4 rings (SSSR count). The van der Waals surface area contributed by atoms with E-state index in [-0.39, 0.29) is 33.2 Å². The molecular weight excluding hydrogens is 586 g/mol. The molecule has 16 heteroatoms. The number of thioether (sulfide) groups is 1. The Balaban J connectivity index is 1.53. The maximum atomic E-state index is 13.3. The minimum Gasteiger partial charge on any atom is -0.480 e. The number of aliphatic carboxylic acids is 1. The number of nitrogens with one attached hydrogen (secondary N) is 1. The van der Waals surface area contributed by atoms with E-state index in [4.69, 9.17) is 12.2 Å². The quantitative estimate of drug-likeness (QED) is 0.281. The molecule has 8 nitrogen and oxygen atoms in total. The van der Waals surface area contributed by atoms with Gasteiger partial charge in [-0.1, -0.05) is 30.0 Å². The van der Waals surface area contributed by atoms with Crippen molar-refractivity contribution in [3.8, 4) is 11.3 Å². The summed E-state index contributed by atoms with van der Waals surface area (Å²) >= 11 is 6.00. The number of halogens is 6. The molecule has 0 radical (unpaired) electrons. The molecule has 0 bridgehead atoms. The Kier molecular flexibility index (Phi) is 8.23. The van der Waals surface area contributed by atoms with Crippen LogP contribution in [0.25, 0.3) is 17.3 Å². The van der Waals surface area contributed by atoms with Crippen LogP contribution in [0.5, 0.6) is 0 Å². The highest BCUT2D eigenvalue weighted by Crippen LogP contribution is 2.38. The van der Waals surface area contributed by atoms with Gasteiger partial charge in [0.15, 0.2) is 4.32 Å². The van der Waals surface area contributed by atoms with Gasteiger partial charge in [-0.25, -0.2) is 20.2 Å². The molecule has 0 saturated carbocycles. The monoisotopic (exact) mass is 604 g/mol. The fourth-order valence-corrected chi connectivity index (χ4v) is 5.31. The largest absolute Gasteiger partial charge is 0.480 e. The van der Waals surface area contributed by atoms with E-state index in [1.54, 1.807) is 0 Å². The third-order valence-electron chi connectivity index (χ3n) is 5.97. The van der Waals surface area contributed by atoms with E-state index in [0.717, 1.165) is 16.8 Å². The number of carbonyl (C=O) groups is 3. The summed E-state index contributed by atoms with van der Waals surface area (Å²) in [6.07, 6.45) is -7.96. The van der Waals surface area contributed by atoms with Crippen LogP contribution in [-0.2, 0) is 26.7 Å². The third-order valence-corrected chi connectivity index (χ3v) is 7.28. The molecule has 212 valence electrons. The number of amides is 2. The van der Waals surface area contributed by atoms with Gasteiger partial charge in [0.25, 0.3) is 5.91 Å². The number of hydrazine groups is 1. The molecule has 1 unspecified atom stereocenters. The second-order valence-electron chi connectivity index (χ2n) is 8.68. The standard InChI is InChI=1S/C24H18F6N4O4S2/c25-23(26,27)13-7-12(8-14(9-13)24(28,29)30)16-4-1-3-15(32-16)10-18-20(36)34(22(39)40-18)31-11-19(35)33-6-2-5-17(33)21(37)38/h1,3-4,7-10,17,31H,2,5-6,11H2,(H,37,38). The number of pyridine rings is 1. The Morgan fingerprint density at radius 1 is 1.12 bits per heavy atom. The summed E-state index contributed by atoms with van der Waals surface area (Å²) in [6, 6.07) is 4.14. The van der Waals surface area contributed by atoms with Crippen LogP contribution in [0, 0.1) is 0 Å². The first-order valence-electron chi connectivity index (χ1n) is 11.5. The van der Waals surface area contributed by atoms with Crippen LogP contribution >= 0.6 is 24.0 Å². The summed E-state index contributed by atoms with van der Waals surface area (Å²) < 4.78 is 79.6. The lowest BCUT2D eigenvalue weighted by atomic mass is 10.0. The van der Waals surface area contributed by atoms with E-state index >= 15 is 0 Å². The number of thiocarbonyl (C=S) groups is 1. The molecule has 2 aliphatic rings. The number of alkyl halides is 6. The first-order chi connectivity index (χ1) is 18.6. The molecule has 1 atom stereocenters. The van der Waals surface area contributed by atoms with Crippen LogP contribution < -0.4 is 5.43 Å². The third kappa shape index (κ3) is 6.45. The van der Waals surface area contributed by atoms with E-state index in [1.807, 2.05) is 0 Å². The van der Waals surface area contributed by atoms with E-state index in [0.29, 0.717) is 25.0 Å². The van der Waals surface area contributed by atoms with Crippen LogP contribution in [0.1, 0.15) is 29.7 Å². The topological polar surface area (TPSA) is 103 Å². The van der Waals surface area contributed by atoms with Gasteiger partial charge >= 0.3 is 18.3 Å². The zero-order chi connectivity index (χ0) is 29.4. The van der Waals surface area contributed by atoms with Crippen molar-refractivity contribution in [1.29, 1.82) is 0 Å². The number of carboxylic acid groups (broad SMARTS) is 1. The van der Waals surface area contributed by atoms with E-state index in [2.05, 4.69) is 10.4 Å². The second kappa shape index (κ2) is 11.2. The second-order valence-corrected chi connectivity index (χ2v) is 10.4. The van der Waals surface area contributed by atoms with Gasteiger partial charge in [-0.15, -0.1) is 0 Å². The molecule has 1 aromatic carbocycles. The SMILES string of the molecule is O=C(O)C1CCCN1C(=O)CNN1C(=O)C(=Cc2cccc(-c3cc(C(F)(F)F)cc(C(F)(F)F)c3)n2)SC1=S. The number of hydrogen-bond donors (Lipinski definition) is 2. The molecule has 40 heavy (non-hydrogen) atoms. The maximum Gasteiger partial charge on any atom is 0.416 e. The van der Waals surface area contributed by atoms with Crippen molar-refractivity contribution in [3.63, 3.8) is 0 Å². The Bertz CT molecular complexity index is 1380. The number of rotatable bonds is 6. The summed E-state index contributed by atoms with van der Waals surface area (Å²) in [6.45, 7) is -0.150. The summed E-state index contributed by atoms with van der Waals surface area (Å²) in [4.78, 5) is 42.0. The summed E-state index contributed by atoms with van der Waals surface area (Å²) in [7, 11) is 0. The highest BCUT2D eigenvalue weighted by molar-refractivity contribution is 8.26. The molecule has 2 saturated heterocycles. The predicted octanol–water partition coefficient (Wildman–Crippen LogP) is 4.57. The molecular formula is C24H18F6N4O4S2. The normalized spacial score (nSPS) is 19.1. The lowest BCUT2D eigenvalue weighted by molar-refractivity contribution is -0.148. The first kappa shape index (κ1) is 29.5. The minimum atomic E-state index is -5.03. The molecule has 2 aliphatic heterocycles. The zero-order valence-electron chi connectivity index (χ0n) is 20.0. The van der Waals surface area contributed by atoms with Crippen molar-refractivity contribution in [2.24, 2.45) is 0 Å².